The molecule has 3 amide bonds. The fraction of sp³-hybridized carbons (Fsp3) is 0.522. The average molecular weight is 441 g/mol. The van der Waals surface area contributed by atoms with Gasteiger partial charge in [0.25, 0.3) is 0 Å². The van der Waals surface area contributed by atoms with E-state index < -0.39 is 23.5 Å². The molecule has 9 nitrogen and oxygen atoms in total. The highest BCUT2D eigenvalue weighted by Crippen LogP contribution is 2.53. The highest BCUT2D eigenvalue weighted by Gasteiger charge is 2.67. The fourth-order valence-electron chi connectivity index (χ4n) is 5.30. The molecule has 0 radical (unpaired) electrons. The molecular weight excluding hydrogens is 414 g/mol. The highest BCUT2D eigenvalue weighted by molar-refractivity contribution is 6.03. The Labute approximate surface area is 186 Å². The van der Waals surface area contributed by atoms with E-state index in [-0.39, 0.29) is 17.9 Å². The molecule has 32 heavy (non-hydrogen) atoms. The van der Waals surface area contributed by atoms with Crippen molar-refractivity contribution in [3.8, 4) is 5.75 Å². The van der Waals surface area contributed by atoms with Crippen LogP contribution in [0.15, 0.2) is 36.4 Å². The zero-order chi connectivity index (χ0) is 22.5. The Morgan fingerprint density at radius 3 is 2.47 bits per heavy atom. The van der Waals surface area contributed by atoms with Crippen LogP contribution in [-0.4, -0.2) is 85.9 Å². The van der Waals surface area contributed by atoms with Crippen molar-refractivity contribution in [2.75, 3.05) is 51.3 Å². The molecule has 170 valence electrons. The zero-order valence-corrected chi connectivity index (χ0v) is 18.2. The van der Waals surface area contributed by atoms with E-state index in [9.17, 15) is 14.4 Å². The van der Waals surface area contributed by atoms with Gasteiger partial charge in [0, 0.05) is 31.9 Å². The summed E-state index contributed by atoms with van der Waals surface area (Å²) in [6.45, 7) is 4.14. The Morgan fingerprint density at radius 2 is 1.81 bits per heavy atom. The minimum absolute atomic E-state index is 0.0836. The van der Waals surface area contributed by atoms with Gasteiger partial charge in [-0.25, -0.2) is 4.79 Å². The molecule has 4 aliphatic rings. The van der Waals surface area contributed by atoms with Crippen LogP contribution in [0, 0.1) is 11.8 Å². The Kier molecular flexibility index (Phi) is 5.08. The van der Waals surface area contributed by atoms with Crippen molar-refractivity contribution in [2.24, 2.45) is 11.8 Å². The van der Waals surface area contributed by atoms with Gasteiger partial charge < -0.3 is 28.9 Å². The molecule has 4 atom stereocenters. The molecule has 3 saturated heterocycles. The van der Waals surface area contributed by atoms with E-state index in [1.54, 1.807) is 28.7 Å². The van der Waals surface area contributed by atoms with Crippen molar-refractivity contribution >= 4 is 23.6 Å². The second-order valence-corrected chi connectivity index (χ2v) is 8.53. The number of amides is 3. The third-order valence-electron chi connectivity index (χ3n) is 6.89. The van der Waals surface area contributed by atoms with Crippen LogP contribution < -0.4 is 9.64 Å². The van der Waals surface area contributed by atoms with E-state index in [0.717, 1.165) is 5.69 Å². The van der Waals surface area contributed by atoms with Gasteiger partial charge in [0.1, 0.15) is 11.4 Å². The van der Waals surface area contributed by atoms with Crippen molar-refractivity contribution in [3.05, 3.63) is 36.4 Å². The smallest absolute Gasteiger partial charge is 0.409 e. The number of hydrogen-bond acceptors (Lipinski definition) is 6. The molecule has 0 saturated carbocycles. The van der Waals surface area contributed by atoms with Crippen LogP contribution in [0.1, 0.15) is 6.92 Å². The monoisotopic (exact) mass is 441 g/mol. The Bertz CT molecular complexity index is 955. The molecule has 0 aromatic heterocycles. The summed E-state index contributed by atoms with van der Waals surface area (Å²) in [5, 5.41) is 0. The van der Waals surface area contributed by atoms with E-state index in [4.69, 9.17) is 14.2 Å². The van der Waals surface area contributed by atoms with Gasteiger partial charge in [-0.1, -0.05) is 12.2 Å². The molecule has 1 aromatic carbocycles. The van der Waals surface area contributed by atoms with Crippen LogP contribution in [0.2, 0.25) is 0 Å². The van der Waals surface area contributed by atoms with E-state index in [2.05, 4.69) is 0 Å². The Hall–Kier alpha value is -3.07. The second-order valence-electron chi connectivity index (χ2n) is 8.53. The number of carbonyl (C=O) groups is 3. The Balaban J connectivity index is 1.32. The molecule has 0 unspecified atom stereocenters. The zero-order valence-electron chi connectivity index (χ0n) is 18.2. The molecule has 4 aliphatic heterocycles. The van der Waals surface area contributed by atoms with Crippen molar-refractivity contribution < 1.29 is 28.6 Å². The number of anilines is 1. The van der Waals surface area contributed by atoms with Crippen molar-refractivity contribution in [1.29, 1.82) is 0 Å². The summed E-state index contributed by atoms with van der Waals surface area (Å²) in [5.41, 5.74) is -0.0105. The lowest BCUT2D eigenvalue weighted by molar-refractivity contribution is -0.141. The summed E-state index contributed by atoms with van der Waals surface area (Å²) >= 11 is 0. The van der Waals surface area contributed by atoms with E-state index in [1.807, 2.05) is 36.4 Å². The summed E-state index contributed by atoms with van der Waals surface area (Å²) in [6.07, 6.45) is 3.12. The van der Waals surface area contributed by atoms with Gasteiger partial charge in [-0.05, 0) is 31.2 Å². The minimum atomic E-state index is -0.769. The van der Waals surface area contributed by atoms with Gasteiger partial charge in [-0.2, -0.15) is 0 Å². The highest BCUT2D eigenvalue weighted by atomic mass is 16.6. The predicted octanol–water partition coefficient (Wildman–Crippen LogP) is 1.28. The quantitative estimate of drug-likeness (QED) is 0.654. The average Bonchev–Trinajstić information content (AvgIpc) is 3.47. The second kappa shape index (κ2) is 7.81. The van der Waals surface area contributed by atoms with Gasteiger partial charge in [0.15, 0.2) is 0 Å². The normalized spacial score (nSPS) is 30.6. The standard InChI is InChI=1S/C23H27N3O6/c1-3-31-22(29)25-12-10-24(11-13-25)20(27)18-17-8-9-23(32-17)14-26(21(28)19(18)23)15-4-6-16(30-2)7-5-15/h4-9,17-19H,3,10-14H2,1-2H3/t17-,18-,19-,23+/m1/s1. The maximum atomic E-state index is 13.5. The lowest BCUT2D eigenvalue weighted by Gasteiger charge is -2.36. The van der Waals surface area contributed by atoms with Crippen molar-refractivity contribution in [2.45, 2.75) is 18.6 Å². The SMILES string of the molecule is CCOC(=O)N1CCN(C(=O)[C@@H]2[C@H]3C=C[C@@]4(CN(c5ccc(OC)cc5)C(=O)[C@@H]24)O3)CC1. The maximum absolute atomic E-state index is 13.5. The molecule has 1 aromatic rings. The molecule has 4 heterocycles. The van der Waals surface area contributed by atoms with Gasteiger partial charge >= 0.3 is 6.09 Å². The molecule has 1 spiro atoms. The van der Waals surface area contributed by atoms with Gasteiger partial charge in [-0.15, -0.1) is 0 Å². The molecule has 9 heteroatoms. The van der Waals surface area contributed by atoms with Crippen LogP contribution in [0.25, 0.3) is 0 Å². The van der Waals surface area contributed by atoms with Crippen LogP contribution in [0.4, 0.5) is 10.5 Å². The molecule has 5 rings (SSSR count). The summed E-state index contributed by atoms with van der Waals surface area (Å²) in [6, 6.07) is 7.31. The first-order valence-electron chi connectivity index (χ1n) is 11.0. The molecular formula is C23H27N3O6. The molecule has 0 N–H and O–H groups in total. The van der Waals surface area contributed by atoms with Crippen molar-refractivity contribution in [3.63, 3.8) is 0 Å². The fourth-order valence-corrected chi connectivity index (χ4v) is 5.30. The first-order valence-corrected chi connectivity index (χ1v) is 11.0. The maximum Gasteiger partial charge on any atom is 0.409 e. The summed E-state index contributed by atoms with van der Waals surface area (Å²) in [5.74, 6) is -0.559. The van der Waals surface area contributed by atoms with E-state index in [1.165, 1.54) is 0 Å². The number of rotatable bonds is 4. The summed E-state index contributed by atoms with van der Waals surface area (Å²) in [4.78, 5) is 44.0. The van der Waals surface area contributed by atoms with Crippen molar-refractivity contribution in [1.82, 2.24) is 9.80 Å². The van der Waals surface area contributed by atoms with Crippen LogP contribution >= 0.6 is 0 Å². The van der Waals surface area contributed by atoms with Crippen LogP contribution in [-0.2, 0) is 19.1 Å². The lowest BCUT2D eigenvalue weighted by atomic mass is 9.76. The predicted molar refractivity (Wildman–Crippen MR) is 114 cm³/mol. The number of methoxy groups -OCH3 is 1. The third-order valence-corrected chi connectivity index (χ3v) is 6.89. The number of ether oxygens (including phenoxy) is 3. The number of carbonyl (C=O) groups excluding carboxylic acids is 3. The first kappa shape index (κ1) is 20.8. The topological polar surface area (TPSA) is 88.6 Å². The van der Waals surface area contributed by atoms with E-state index in [0.29, 0.717) is 45.1 Å². The number of nitrogens with zero attached hydrogens (tertiary/aromatic N) is 3. The lowest BCUT2D eigenvalue weighted by Crippen LogP contribution is -2.54. The largest absolute Gasteiger partial charge is 0.497 e. The first-order chi connectivity index (χ1) is 15.5. The summed E-state index contributed by atoms with van der Waals surface area (Å²) < 4.78 is 16.5. The third kappa shape index (κ3) is 3.14. The Morgan fingerprint density at radius 1 is 1.12 bits per heavy atom. The van der Waals surface area contributed by atoms with E-state index >= 15 is 0 Å². The number of hydrogen-bond donors (Lipinski definition) is 0. The molecule has 0 aliphatic carbocycles. The van der Waals surface area contributed by atoms with Gasteiger partial charge in [-0.3, -0.25) is 9.59 Å². The number of fused-ring (bicyclic) bond motifs is 1. The van der Waals surface area contributed by atoms with Gasteiger partial charge in [0.2, 0.25) is 11.8 Å². The number of piperazine rings is 1. The van der Waals surface area contributed by atoms with Crippen LogP contribution in [0.3, 0.4) is 0 Å². The minimum Gasteiger partial charge on any atom is -0.497 e. The molecule has 3 fully saturated rings. The van der Waals surface area contributed by atoms with Gasteiger partial charge in [0.05, 0.1) is 38.2 Å². The number of benzene rings is 1. The molecule has 2 bridgehead atoms. The van der Waals surface area contributed by atoms with Crippen LogP contribution in [0.5, 0.6) is 5.75 Å². The summed E-state index contributed by atoms with van der Waals surface area (Å²) in [7, 11) is 1.60.